The van der Waals surface area contributed by atoms with Crippen molar-refractivity contribution in [3.05, 3.63) is 64.7 Å². The van der Waals surface area contributed by atoms with Crippen LogP contribution in [0.4, 0.5) is 8.78 Å². The lowest BCUT2D eigenvalue weighted by Gasteiger charge is -2.14. The van der Waals surface area contributed by atoms with Crippen molar-refractivity contribution in [2.45, 2.75) is 36.3 Å². The van der Waals surface area contributed by atoms with E-state index in [-0.39, 0.29) is 28.4 Å². The van der Waals surface area contributed by atoms with Crippen LogP contribution in [-0.4, -0.2) is 8.42 Å². The number of hydrogen-bond acceptors (Lipinski definition) is 2. The summed E-state index contributed by atoms with van der Waals surface area (Å²) in [6, 6.07) is 8.51. The van der Waals surface area contributed by atoms with Crippen molar-refractivity contribution in [3.8, 4) is 0 Å². The average Bonchev–Trinajstić information content (AvgIpc) is 2.83. The Morgan fingerprint density at radius 2 is 1.50 bits per heavy atom. The van der Waals surface area contributed by atoms with E-state index in [0.717, 1.165) is 17.7 Å². The third-order valence-electron chi connectivity index (χ3n) is 4.29. The molecule has 1 aliphatic rings. The molecule has 0 amide bonds. The number of hydrogen-bond donors (Lipinski definition) is 0. The van der Waals surface area contributed by atoms with Gasteiger partial charge in [-0.3, -0.25) is 0 Å². The van der Waals surface area contributed by atoms with Gasteiger partial charge in [-0.2, -0.15) is 0 Å². The van der Waals surface area contributed by atoms with E-state index >= 15 is 0 Å². The molecule has 0 spiro atoms. The van der Waals surface area contributed by atoms with Crippen molar-refractivity contribution >= 4 is 9.84 Å². The second kappa shape index (κ2) is 5.16. The first-order valence-electron chi connectivity index (χ1n) is 7.10. The molecule has 22 heavy (non-hydrogen) atoms. The molecule has 116 valence electrons. The van der Waals surface area contributed by atoms with E-state index in [4.69, 9.17) is 0 Å². The van der Waals surface area contributed by atoms with Crippen LogP contribution in [0, 0.1) is 18.6 Å². The van der Waals surface area contributed by atoms with Crippen molar-refractivity contribution < 1.29 is 17.2 Å². The predicted octanol–water partition coefficient (Wildman–Crippen LogP) is 4.30. The summed E-state index contributed by atoms with van der Waals surface area (Å²) >= 11 is 0. The van der Waals surface area contributed by atoms with Gasteiger partial charge in [0.05, 0.1) is 10.1 Å². The van der Waals surface area contributed by atoms with Crippen molar-refractivity contribution in [2.75, 3.05) is 0 Å². The van der Waals surface area contributed by atoms with Crippen LogP contribution in [0.2, 0.25) is 0 Å². The molecule has 2 aromatic rings. The first-order valence-corrected chi connectivity index (χ1v) is 8.65. The second-order valence-electron chi connectivity index (χ2n) is 5.84. The summed E-state index contributed by atoms with van der Waals surface area (Å²) < 4.78 is 53.8. The van der Waals surface area contributed by atoms with Gasteiger partial charge in [0.2, 0.25) is 0 Å². The quantitative estimate of drug-likeness (QED) is 0.826. The molecular weight excluding hydrogens is 306 g/mol. The fraction of sp³-hybridized carbons (Fsp3) is 0.294. The highest BCUT2D eigenvalue weighted by atomic mass is 32.2. The highest BCUT2D eigenvalue weighted by molar-refractivity contribution is 7.91. The predicted molar refractivity (Wildman–Crippen MR) is 80.5 cm³/mol. The molecule has 5 heteroatoms. The highest BCUT2D eigenvalue weighted by Crippen LogP contribution is 2.48. The fourth-order valence-electron chi connectivity index (χ4n) is 3.14. The lowest BCUT2D eigenvalue weighted by molar-refractivity contribution is 0.565. The van der Waals surface area contributed by atoms with E-state index in [1.807, 2.05) is 6.92 Å². The summed E-state index contributed by atoms with van der Waals surface area (Å²) in [5.74, 6) is -1.51. The Labute approximate surface area is 128 Å². The van der Waals surface area contributed by atoms with Gasteiger partial charge >= 0.3 is 0 Å². The van der Waals surface area contributed by atoms with Crippen LogP contribution >= 0.6 is 0 Å². The first-order chi connectivity index (χ1) is 10.3. The maximum absolute atomic E-state index is 14.2. The van der Waals surface area contributed by atoms with Crippen molar-refractivity contribution in [1.82, 2.24) is 0 Å². The molecule has 0 saturated heterocycles. The molecule has 0 aliphatic heterocycles. The normalized spacial score (nSPS) is 20.9. The van der Waals surface area contributed by atoms with Crippen LogP contribution in [0.5, 0.6) is 0 Å². The molecule has 2 nitrogen and oxygen atoms in total. The summed E-state index contributed by atoms with van der Waals surface area (Å²) in [6.07, 6.45) is 0.198. The van der Waals surface area contributed by atoms with E-state index in [2.05, 4.69) is 0 Å². The number of halogens is 2. The van der Waals surface area contributed by atoms with Crippen molar-refractivity contribution in [1.29, 1.82) is 0 Å². The number of fused-ring (bicyclic) bond motifs is 1. The van der Waals surface area contributed by atoms with Crippen LogP contribution in [-0.2, 0) is 9.84 Å². The van der Waals surface area contributed by atoms with Crippen LogP contribution in [0.1, 0.15) is 41.2 Å². The second-order valence-corrected chi connectivity index (χ2v) is 7.97. The van der Waals surface area contributed by atoms with Crippen LogP contribution < -0.4 is 0 Å². The summed E-state index contributed by atoms with van der Waals surface area (Å²) in [7, 11) is -3.75. The molecule has 0 saturated carbocycles. The molecule has 2 unspecified atom stereocenters. The van der Waals surface area contributed by atoms with Crippen LogP contribution in [0.25, 0.3) is 0 Å². The lowest BCUT2D eigenvalue weighted by Crippen LogP contribution is -2.13. The van der Waals surface area contributed by atoms with Crippen LogP contribution in [0.3, 0.4) is 0 Å². The maximum Gasteiger partial charge on any atom is 0.185 e. The standard InChI is InChI=1S/C17H16F2O2S/c1-10-3-5-12(6-4-10)22(20,21)15-9-11(2)16-13(18)7-8-14(19)17(15)16/h3-8,11,15H,9H2,1-2H3. The van der Waals surface area contributed by atoms with Gasteiger partial charge in [0.25, 0.3) is 0 Å². The summed E-state index contributed by atoms with van der Waals surface area (Å²) in [4.78, 5) is 0.145. The third-order valence-corrected chi connectivity index (χ3v) is 6.39. The zero-order valence-electron chi connectivity index (χ0n) is 12.3. The Morgan fingerprint density at radius 1 is 0.955 bits per heavy atom. The van der Waals surface area contributed by atoms with Gasteiger partial charge in [-0.1, -0.05) is 24.6 Å². The first kappa shape index (κ1) is 15.2. The molecule has 0 heterocycles. The summed E-state index contributed by atoms with van der Waals surface area (Å²) in [5.41, 5.74) is 1.13. The van der Waals surface area contributed by atoms with E-state index in [1.165, 1.54) is 12.1 Å². The smallest absolute Gasteiger partial charge is 0.185 e. The number of rotatable bonds is 2. The molecule has 2 aromatic carbocycles. The minimum absolute atomic E-state index is 0.00641. The topological polar surface area (TPSA) is 34.1 Å². The Bertz CT molecular complexity index is 826. The Balaban J connectivity index is 2.16. The van der Waals surface area contributed by atoms with E-state index in [9.17, 15) is 17.2 Å². The summed E-state index contributed by atoms with van der Waals surface area (Å²) in [6.45, 7) is 3.59. The molecule has 0 fully saturated rings. The molecule has 0 radical (unpaired) electrons. The van der Waals surface area contributed by atoms with E-state index in [1.54, 1.807) is 19.1 Å². The molecule has 0 N–H and O–H groups in total. The molecule has 1 aliphatic carbocycles. The number of benzene rings is 2. The Hall–Kier alpha value is -1.75. The van der Waals surface area contributed by atoms with Gasteiger partial charge < -0.3 is 0 Å². The van der Waals surface area contributed by atoms with Gasteiger partial charge in [0.15, 0.2) is 9.84 Å². The molecule has 0 bridgehead atoms. The van der Waals surface area contributed by atoms with Gasteiger partial charge in [-0.05, 0) is 49.1 Å². The van der Waals surface area contributed by atoms with Crippen LogP contribution in [0.15, 0.2) is 41.3 Å². The van der Waals surface area contributed by atoms with E-state index < -0.39 is 26.7 Å². The molecule has 3 rings (SSSR count). The number of aryl methyl sites for hydroxylation is 1. The van der Waals surface area contributed by atoms with E-state index in [0.29, 0.717) is 0 Å². The lowest BCUT2D eigenvalue weighted by atomic mass is 10.0. The van der Waals surface area contributed by atoms with Crippen molar-refractivity contribution in [2.24, 2.45) is 0 Å². The Morgan fingerprint density at radius 3 is 2.09 bits per heavy atom. The minimum Gasteiger partial charge on any atom is -0.223 e. The SMILES string of the molecule is Cc1ccc(S(=O)(=O)C2CC(C)c3c(F)ccc(F)c32)cc1. The highest BCUT2D eigenvalue weighted by Gasteiger charge is 2.41. The van der Waals surface area contributed by atoms with Gasteiger partial charge in [0, 0.05) is 5.56 Å². The zero-order valence-corrected chi connectivity index (χ0v) is 13.1. The maximum atomic E-state index is 14.2. The summed E-state index contributed by atoms with van der Waals surface area (Å²) in [5, 5.41) is -1.03. The molecule has 2 atom stereocenters. The fourth-order valence-corrected chi connectivity index (χ4v) is 5.08. The molecule has 0 aromatic heterocycles. The number of sulfone groups is 1. The zero-order chi connectivity index (χ0) is 16.1. The van der Waals surface area contributed by atoms with Gasteiger partial charge in [0.1, 0.15) is 11.6 Å². The molecular formula is C17H16F2O2S. The van der Waals surface area contributed by atoms with Crippen molar-refractivity contribution in [3.63, 3.8) is 0 Å². The van der Waals surface area contributed by atoms with Gasteiger partial charge in [-0.25, -0.2) is 17.2 Å². The monoisotopic (exact) mass is 322 g/mol. The third kappa shape index (κ3) is 2.24. The average molecular weight is 322 g/mol. The largest absolute Gasteiger partial charge is 0.223 e. The Kier molecular flexibility index (Phi) is 3.56. The van der Waals surface area contributed by atoms with Gasteiger partial charge in [-0.15, -0.1) is 0 Å². The minimum atomic E-state index is -3.75.